The number of ether oxygens (including phenoxy) is 1. The number of amides is 3. The maximum atomic E-state index is 13.9. The molecule has 35 heavy (non-hydrogen) atoms. The molecule has 1 aromatic rings. The van der Waals surface area contributed by atoms with Crippen molar-refractivity contribution in [2.45, 2.75) is 44.1 Å². The molecule has 2 saturated heterocycles. The number of rotatable bonds is 7. The monoisotopic (exact) mass is 479 g/mol. The number of hydrogen-bond donors (Lipinski definition) is 1. The van der Waals surface area contributed by atoms with Crippen LogP contribution in [0.5, 0.6) is 0 Å². The van der Waals surface area contributed by atoms with E-state index in [1.165, 1.54) is 4.90 Å². The molecule has 4 aliphatic rings. The second kappa shape index (κ2) is 9.59. The summed E-state index contributed by atoms with van der Waals surface area (Å²) in [7, 11) is 0. The average molecular weight is 480 g/mol. The van der Waals surface area contributed by atoms with Gasteiger partial charge in [0, 0.05) is 32.7 Å². The third-order valence-electron chi connectivity index (χ3n) is 7.66. The SMILES string of the molecule is CCCCN1CC=C[C@]23O[C@@H]4C=CCN(Cc5ccccc5)C(=O)[C@@H]4[C@H]2C(=O)N(CCO)C3C1=O. The fraction of sp³-hybridized carbons (Fsp3) is 0.519. The van der Waals surface area contributed by atoms with Crippen LogP contribution in [-0.2, 0) is 25.7 Å². The number of benzene rings is 1. The number of carbonyl (C=O) groups is 3. The molecule has 1 aromatic carbocycles. The van der Waals surface area contributed by atoms with Gasteiger partial charge in [-0.15, -0.1) is 0 Å². The Labute approximate surface area is 205 Å². The topological polar surface area (TPSA) is 90.4 Å². The predicted molar refractivity (Wildman–Crippen MR) is 129 cm³/mol. The Morgan fingerprint density at radius 1 is 1.00 bits per heavy atom. The number of carbonyl (C=O) groups excluding carboxylic acids is 3. The van der Waals surface area contributed by atoms with E-state index in [4.69, 9.17) is 4.74 Å². The predicted octanol–water partition coefficient (Wildman–Crippen LogP) is 1.36. The van der Waals surface area contributed by atoms with Crippen molar-refractivity contribution in [1.82, 2.24) is 14.7 Å². The maximum Gasteiger partial charge on any atom is 0.249 e. The highest BCUT2D eigenvalue weighted by molar-refractivity contribution is 5.99. The van der Waals surface area contributed by atoms with Crippen LogP contribution in [0.25, 0.3) is 0 Å². The minimum atomic E-state index is -1.23. The number of likely N-dealkylation sites (tertiary alicyclic amines) is 1. The molecule has 0 saturated carbocycles. The van der Waals surface area contributed by atoms with Crippen LogP contribution < -0.4 is 0 Å². The van der Waals surface area contributed by atoms with Crippen LogP contribution in [0.4, 0.5) is 0 Å². The first-order valence-electron chi connectivity index (χ1n) is 12.6. The van der Waals surface area contributed by atoms with Crippen LogP contribution in [0.2, 0.25) is 0 Å². The highest BCUT2D eigenvalue weighted by Crippen LogP contribution is 2.53. The van der Waals surface area contributed by atoms with Crippen LogP contribution in [0.1, 0.15) is 25.3 Å². The Morgan fingerprint density at radius 2 is 1.77 bits per heavy atom. The summed E-state index contributed by atoms with van der Waals surface area (Å²) in [5.74, 6) is -2.16. The number of aliphatic hydroxyl groups excluding tert-OH is 1. The summed E-state index contributed by atoms with van der Waals surface area (Å²) in [5.41, 5.74) is -0.218. The lowest BCUT2D eigenvalue weighted by Crippen LogP contribution is -2.55. The van der Waals surface area contributed by atoms with Gasteiger partial charge in [0.15, 0.2) is 0 Å². The van der Waals surface area contributed by atoms with Crippen LogP contribution in [0, 0.1) is 11.8 Å². The molecule has 1 N–H and O–H groups in total. The number of aliphatic hydroxyl groups is 1. The Kier molecular flexibility index (Phi) is 6.51. The van der Waals surface area contributed by atoms with E-state index in [0.29, 0.717) is 26.2 Å². The Balaban J connectivity index is 1.52. The van der Waals surface area contributed by atoms with Crippen molar-refractivity contribution in [3.05, 3.63) is 60.2 Å². The van der Waals surface area contributed by atoms with E-state index in [1.807, 2.05) is 54.6 Å². The minimum absolute atomic E-state index is 0.0292. The molecule has 2 fully saturated rings. The van der Waals surface area contributed by atoms with Crippen molar-refractivity contribution in [2.75, 3.05) is 32.8 Å². The summed E-state index contributed by atoms with van der Waals surface area (Å²) in [6.07, 6.45) is 8.76. The van der Waals surface area contributed by atoms with E-state index in [1.54, 1.807) is 9.80 Å². The van der Waals surface area contributed by atoms with E-state index in [2.05, 4.69) is 6.92 Å². The Bertz CT molecular complexity index is 1040. The second-order valence-corrected chi connectivity index (χ2v) is 9.77. The van der Waals surface area contributed by atoms with Gasteiger partial charge in [0.1, 0.15) is 11.6 Å². The Hall–Kier alpha value is -2.97. The highest BCUT2D eigenvalue weighted by atomic mass is 16.5. The summed E-state index contributed by atoms with van der Waals surface area (Å²) in [6, 6.07) is 8.87. The molecule has 5 atom stereocenters. The molecule has 8 nitrogen and oxygen atoms in total. The standard InChI is InChI=1S/C27H33N3O5/c1-2-3-13-28-15-8-12-27-22(25(33)30(16-17-31)23(27)26(28)34)21-20(35-27)11-7-14-29(24(21)32)18-19-9-5-4-6-10-19/h4-12,20-23,31H,2-3,13-18H2,1H3/t20-,21+,22+,23?,27+/m1/s1. The second-order valence-electron chi connectivity index (χ2n) is 9.77. The third-order valence-corrected chi connectivity index (χ3v) is 7.66. The summed E-state index contributed by atoms with van der Waals surface area (Å²) >= 11 is 0. The average Bonchev–Trinajstić information content (AvgIpc) is 3.17. The molecule has 3 amide bonds. The molecule has 5 rings (SSSR count). The largest absolute Gasteiger partial charge is 0.395 e. The van der Waals surface area contributed by atoms with Gasteiger partial charge in [-0.25, -0.2) is 0 Å². The van der Waals surface area contributed by atoms with Crippen molar-refractivity contribution in [3.63, 3.8) is 0 Å². The quantitative estimate of drug-likeness (QED) is 0.597. The molecule has 8 heteroatoms. The van der Waals surface area contributed by atoms with Crippen LogP contribution in [0.3, 0.4) is 0 Å². The summed E-state index contributed by atoms with van der Waals surface area (Å²) < 4.78 is 6.57. The smallest absolute Gasteiger partial charge is 0.249 e. The summed E-state index contributed by atoms with van der Waals surface area (Å²) in [6.45, 7) is 3.73. The highest BCUT2D eigenvalue weighted by Gasteiger charge is 2.71. The van der Waals surface area contributed by atoms with Crippen LogP contribution in [0.15, 0.2) is 54.6 Å². The molecule has 1 spiro atoms. The number of hydrogen-bond acceptors (Lipinski definition) is 5. The van der Waals surface area contributed by atoms with E-state index in [0.717, 1.165) is 18.4 Å². The molecule has 0 aliphatic carbocycles. The van der Waals surface area contributed by atoms with Crippen LogP contribution in [-0.4, -0.2) is 88.1 Å². The van der Waals surface area contributed by atoms with E-state index in [9.17, 15) is 19.5 Å². The van der Waals surface area contributed by atoms with Crippen molar-refractivity contribution < 1.29 is 24.2 Å². The number of fused-ring (bicyclic) bond motifs is 2. The van der Waals surface area contributed by atoms with E-state index in [-0.39, 0.29) is 30.9 Å². The lowest BCUT2D eigenvalue weighted by atomic mass is 9.77. The fourth-order valence-electron chi connectivity index (χ4n) is 6.08. The van der Waals surface area contributed by atoms with Crippen LogP contribution >= 0.6 is 0 Å². The first-order valence-corrected chi connectivity index (χ1v) is 12.6. The van der Waals surface area contributed by atoms with Gasteiger partial charge < -0.3 is 24.5 Å². The molecular formula is C27H33N3O5. The van der Waals surface area contributed by atoms with E-state index < -0.39 is 29.6 Å². The van der Waals surface area contributed by atoms with Gasteiger partial charge in [0.05, 0.1) is 24.5 Å². The molecule has 0 bridgehead atoms. The van der Waals surface area contributed by atoms with Gasteiger partial charge in [0.25, 0.3) is 0 Å². The van der Waals surface area contributed by atoms with Gasteiger partial charge in [-0.3, -0.25) is 14.4 Å². The van der Waals surface area contributed by atoms with Crippen molar-refractivity contribution >= 4 is 17.7 Å². The number of β-amino-alcohol motifs (C(OH)–C–C–N with tert-alkyl or cyclic N) is 1. The molecule has 4 aliphatic heterocycles. The van der Waals surface area contributed by atoms with Gasteiger partial charge >= 0.3 is 0 Å². The zero-order valence-electron chi connectivity index (χ0n) is 20.1. The molecule has 4 heterocycles. The number of unbranched alkanes of at least 4 members (excludes halogenated alkanes) is 1. The summed E-state index contributed by atoms with van der Waals surface area (Å²) in [5, 5.41) is 9.73. The van der Waals surface area contributed by atoms with Gasteiger partial charge in [-0.2, -0.15) is 0 Å². The van der Waals surface area contributed by atoms with Crippen molar-refractivity contribution in [2.24, 2.45) is 11.8 Å². The molecule has 0 radical (unpaired) electrons. The van der Waals surface area contributed by atoms with Gasteiger partial charge in [0.2, 0.25) is 17.7 Å². The lowest BCUT2D eigenvalue weighted by Gasteiger charge is -2.35. The molecular weight excluding hydrogens is 446 g/mol. The summed E-state index contributed by atoms with van der Waals surface area (Å²) in [4.78, 5) is 46.5. The first-order chi connectivity index (χ1) is 17.0. The Morgan fingerprint density at radius 3 is 2.51 bits per heavy atom. The zero-order valence-corrected chi connectivity index (χ0v) is 20.1. The minimum Gasteiger partial charge on any atom is -0.395 e. The number of nitrogens with zero attached hydrogens (tertiary/aromatic N) is 3. The first kappa shape index (κ1) is 23.8. The zero-order chi connectivity index (χ0) is 24.6. The van der Waals surface area contributed by atoms with Crippen molar-refractivity contribution in [1.29, 1.82) is 0 Å². The fourth-order valence-corrected chi connectivity index (χ4v) is 6.08. The molecule has 0 aromatic heterocycles. The van der Waals surface area contributed by atoms with Crippen molar-refractivity contribution in [3.8, 4) is 0 Å². The molecule has 1 unspecified atom stereocenters. The maximum absolute atomic E-state index is 13.9. The third kappa shape index (κ3) is 3.89. The van der Waals surface area contributed by atoms with Gasteiger partial charge in [-0.05, 0) is 12.0 Å². The lowest BCUT2D eigenvalue weighted by molar-refractivity contribution is -0.148. The molecule has 186 valence electrons. The van der Waals surface area contributed by atoms with Gasteiger partial charge in [-0.1, -0.05) is 68.0 Å². The van der Waals surface area contributed by atoms with E-state index >= 15 is 0 Å². The normalized spacial score (nSPS) is 31.9.